The lowest BCUT2D eigenvalue weighted by molar-refractivity contribution is 0.0956. The van der Waals surface area contributed by atoms with Crippen LogP contribution in [0.15, 0.2) is 48.7 Å². The molecular weight excluding hydrogens is 250 g/mol. The molecule has 0 spiro atoms. The molecule has 0 aliphatic heterocycles. The Bertz CT molecular complexity index is 552. The Morgan fingerprint density at radius 1 is 1.20 bits per heavy atom. The highest BCUT2D eigenvalue weighted by atomic mass is 16.1. The molecule has 1 atom stereocenters. The largest absolute Gasteiger partial charge is 0.377 e. The van der Waals surface area contributed by atoms with Crippen molar-refractivity contribution in [1.82, 2.24) is 10.3 Å². The van der Waals surface area contributed by atoms with Crippen molar-refractivity contribution in [2.75, 3.05) is 11.9 Å². The van der Waals surface area contributed by atoms with Gasteiger partial charge in [-0.25, -0.2) is 0 Å². The van der Waals surface area contributed by atoms with Gasteiger partial charge in [-0.2, -0.15) is 0 Å². The molecule has 1 amide bonds. The predicted molar refractivity (Wildman–Crippen MR) is 80.7 cm³/mol. The summed E-state index contributed by atoms with van der Waals surface area (Å²) in [6.07, 6.45) is 1.78. The number of anilines is 1. The molecule has 0 radical (unpaired) electrons. The van der Waals surface area contributed by atoms with Gasteiger partial charge in [0.25, 0.3) is 5.91 Å². The summed E-state index contributed by atoms with van der Waals surface area (Å²) in [4.78, 5) is 16.0. The van der Waals surface area contributed by atoms with Crippen molar-refractivity contribution in [3.63, 3.8) is 0 Å². The number of carbonyl (C=O) groups excluding carboxylic acids is 1. The van der Waals surface area contributed by atoms with Crippen LogP contribution in [0, 0.1) is 0 Å². The summed E-state index contributed by atoms with van der Waals surface area (Å²) < 4.78 is 0. The Labute approximate surface area is 119 Å². The summed E-state index contributed by atoms with van der Waals surface area (Å²) in [5.74, 6) is -0.0446. The second-order valence-electron chi connectivity index (χ2n) is 4.56. The normalized spacial score (nSPS) is 11.7. The van der Waals surface area contributed by atoms with Crippen LogP contribution in [0.1, 0.15) is 35.9 Å². The van der Waals surface area contributed by atoms with E-state index in [9.17, 15) is 4.79 Å². The molecule has 0 fully saturated rings. The topological polar surface area (TPSA) is 54.0 Å². The number of nitrogens with zero attached hydrogens (tertiary/aromatic N) is 1. The smallest absolute Gasteiger partial charge is 0.251 e. The molecule has 4 nitrogen and oxygen atoms in total. The first kappa shape index (κ1) is 14.1. The molecule has 1 aromatic heterocycles. The van der Waals surface area contributed by atoms with Crippen LogP contribution in [0.25, 0.3) is 0 Å². The highest BCUT2D eigenvalue weighted by Gasteiger charge is 2.07. The third kappa shape index (κ3) is 3.57. The van der Waals surface area contributed by atoms with Crippen LogP contribution < -0.4 is 10.6 Å². The summed E-state index contributed by atoms with van der Waals surface area (Å²) in [5, 5.41) is 6.14. The molecule has 2 N–H and O–H groups in total. The monoisotopic (exact) mass is 269 g/mol. The number of hydrogen-bond donors (Lipinski definition) is 2. The van der Waals surface area contributed by atoms with Crippen LogP contribution in [0.2, 0.25) is 0 Å². The van der Waals surface area contributed by atoms with Crippen molar-refractivity contribution >= 4 is 11.6 Å². The van der Waals surface area contributed by atoms with E-state index >= 15 is 0 Å². The minimum Gasteiger partial charge on any atom is -0.377 e. The molecule has 4 heteroatoms. The molecule has 104 valence electrons. The highest BCUT2D eigenvalue weighted by molar-refractivity contribution is 5.94. The molecule has 2 aromatic rings. The van der Waals surface area contributed by atoms with Crippen LogP contribution in [-0.2, 0) is 0 Å². The van der Waals surface area contributed by atoms with Crippen LogP contribution in [0.5, 0.6) is 0 Å². The molecule has 20 heavy (non-hydrogen) atoms. The minimum atomic E-state index is -0.0446. The maximum atomic E-state index is 11.7. The van der Waals surface area contributed by atoms with Gasteiger partial charge in [0.15, 0.2) is 0 Å². The summed E-state index contributed by atoms with van der Waals surface area (Å²) in [6.45, 7) is 4.60. The van der Waals surface area contributed by atoms with Gasteiger partial charge < -0.3 is 10.6 Å². The molecule has 0 aliphatic carbocycles. The van der Waals surface area contributed by atoms with Gasteiger partial charge in [0, 0.05) is 24.0 Å². The number of benzene rings is 1. The van der Waals surface area contributed by atoms with Crippen molar-refractivity contribution in [2.24, 2.45) is 0 Å². The lowest BCUT2D eigenvalue weighted by atomic mass is 10.1. The van der Waals surface area contributed by atoms with E-state index in [2.05, 4.69) is 22.5 Å². The van der Waals surface area contributed by atoms with Crippen molar-refractivity contribution in [3.8, 4) is 0 Å². The van der Waals surface area contributed by atoms with Crippen LogP contribution in [-0.4, -0.2) is 17.4 Å². The Balaban J connectivity index is 2.02. The van der Waals surface area contributed by atoms with E-state index in [1.54, 1.807) is 6.20 Å². The Kier molecular flexibility index (Phi) is 4.71. The van der Waals surface area contributed by atoms with Crippen molar-refractivity contribution in [1.29, 1.82) is 0 Å². The van der Waals surface area contributed by atoms with E-state index < -0.39 is 0 Å². The lowest BCUT2D eigenvalue weighted by Crippen LogP contribution is -2.22. The van der Waals surface area contributed by atoms with E-state index in [4.69, 9.17) is 0 Å². The zero-order valence-corrected chi connectivity index (χ0v) is 11.8. The highest BCUT2D eigenvalue weighted by Crippen LogP contribution is 2.17. The van der Waals surface area contributed by atoms with E-state index in [1.165, 1.54) is 0 Å². The fourth-order valence-corrected chi connectivity index (χ4v) is 1.94. The second-order valence-corrected chi connectivity index (χ2v) is 4.56. The average Bonchev–Trinajstić information content (AvgIpc) is 2.49. The first-order chi connectivity index (χ1) is 9.70. The number of hydrogen-bond acceptors (Lipinski definition) is 3. The zero-order chi connectivity index (χ0) is 14.4. The second kappa shape index (κ2) is 6.70. The van der Waals surface area contributed by atoms with Crippen molar-refractivity contribution < 1.29 is 4.79 Å². The van der Waals surface area contributed by atoms with Crippen molar-refractivity contribution in [3.05, 3.63) is 59.9 Å². The van der Waals surface area contributed by atoms with E-state index in [-0.39, 0.29) is 11.9 Å². The summed E-state index contributed by atoms with van der Waals surface area (Å²) in [7, 11) is 0. The number of rotatable bonds is 5. The van der Waals surface area contributed by atoms with Crippen molar-refractivity contribution in [2.45, 2.75) is 19.9 Å². The third-order valence-electron chi connectivity index (χ3n) is 3.00. The zero-order valence-electron chi connectivity index (χ0n) is 11.8. The molecule has 1 heterocycles. The molecule has 0 saturated heterocycles. The van der Waals surface area contributed by atoms with Crippen LogP contribution in [0.4, 0.5) is 5.69 Å². The summed E-state index contributed by atoms with van der Waals surface area (Å²) >= 11 is 0. The lowest BCUT2D eigenvalue weighted by Gasteiger charge is -2.14. The van der Waals surface area contributed by atoms with Gasteiger partial charge in [0.2, 0.25) is 0 Å². The summed E-state index contributed by atoms with van der Waals surface area (Å²) in [6, 6.07) is 13.4. The van der Waals surface area contributed by atoms with Gasteiger partial charge in [-0.3, -0.25) is 9.78 Å². The number of pyridine rings is 1. The van der Waals surface area contributed by atoms with Gasteiger partial charge >= 0.3 is 0 Å². The molecule has 1 unspecified atom stereocenters. The Hall–Kier alpha value is -2.36. The minimum absolute atomic E-state index is 0.0446. The first-order valence-electron chi connectivity index (χ1n) is 6.76. The SMILES string of the molecule is CCNC(=O)c1ccc(NC(C)c2ccccn2)cc1. The Morgan fingerprint density at radius 3 is 2.55 bits per heavy atom. The third-order valence-corrected chi connectivity index (χ3v) is 3.00. The van der Waals surface area contributed by atoms with E-state index in [0.29, 0.717) is 12.1 Å². The predicted octanol–water partition coefficient (Wildman–Crippen LogP) is 3.00. The van der Waals surface area contributed by atoms with E-state index in [0.717, 1.165) is 11.4 Å². The van der Waals surface area contributed by atoms with Gasteiger partial charge in [-0.15, -0.1) is 0 Å². The molecule has 2 rings (SSSR count). The fourth-order valence-electron chi connectivity index (χ4n) is 1.94. The van der Waals surface area contributed by atoms with Gasteiger partial charge in [-0.1, -0.05) is 6.07 Å². The standard InChI is InChI=1S/C16H19N3O/c1-3-17-16(20)13-7-9-14(10-8-13)19-12(2)15-6-4-5-11-18-15/h4-12,19H,3H2,1-2H3,(H,17,20). The van der Waals surface area contributed by atoms with Crippen LogP contribution >= 0.6 is 0 Å². The maximum Gasteiger partial charge on any atom is 0.251 e. The van der Waals surface area contributed by atoms with Gasteiger partial charge in [0.05, 0.1) is 11.7 Å². The number of nitrogens with one attached hydrogen (secondary N) is 2. The van der Waals surface area contributed by atoms with Gasteiger partial charge in [-0.05, 0) is 50.2 Å². The summed E-state index contributed by atoms with van der Waals surface area (Å²) in [5.41, 5.74) is 2.62. The van der Waals surface area contributed by atoms with E-state index in [1.807, 2.05) is 49.4 Å². The molecule has 0 aliphatic rings. The quantitative estimate of drug-likeness (QED) is 0.877. The first-order valence-corrected chi connectivity index (χ1v) is 6.76. The molecular formula is C16H19N3O. The van der Waals surface area contributed by atoms with Crippen LogP contribution in [0.3, 0.4) is 0 Å². The number of aromatic nitrogens is 1. The number of amides is 1. The maximum absolute atomic E-state index is 11.7. The van der Waals surface area contributed by atoms with Gasteiger partial charge in [0.1, 0.15) is 0 Å². The molecule has 0 saturated carbocycles. The Morgan fingerprint density at radius 2 is 1.95 bits per heavy atom. The molecule has 1 aromatic carbocycles. The molecule has 0 bridgehead atoms. The fraction of sp³-hybridized carbons (Fsp3) is 0.250. The average molecular weight is 269 g/mol. The number of carbonyl (C=O) groups is 1.